The van der Waals surface area contributed by atoms with Crippen LogP contribution < -0.4 is 24.0 Å². The molecule has 0 radical (unpaired) electrons. The molecule has 0 amide bonds. The van der Waals surface area contributed by atoms with E-state index in [0.717, 1.165) is 29.0 Å². The molecule has 0 fully saturated rings. The molecule has 13 heavy (non-hydrogen) atoms. The summed E-state index contributed by atoms with van der Waals surface area (Å²) < 4.78 is 6.45. The van der Waals surface area contributed by atoms with Crippen LogP contribution in [0.25, 0.3) is 0 Å². The third kappa shape index (κ3) is 5.31. The van der Waals surface area contributed by atoms with E-state index in [2.05, 4.69) is 27.2 Å². The summed E-state index contributed by atoms with van der Waals surface area (Å²) in [5.74, 6) is 2.10. The molecule has 0 saturated carbocycles. The number of hydrogen-bond donors (Lipinski definition) is 0. The molecular formula is C10H18INO. The van der Waals surface area contributed by atoms with Gasteiger partial charge in [0.15, 0.2) is 0 Å². The molecule has 1 heterocycles. The first-order valence-electron chi connectivity index (χ1n) is 4.33. The van der Waals surface area contributed by atoms with Crippen LogP contribution in [0.15, 0.2) is 16.5 Å². The average molecular weight is 295 g/mol. The highest BCUT2D eigenvalue weighted by Crippen LogP contribution is 2.08. The quantitative estimate of drug-likeness (QED) is 0.506. The van der Waals surface area contributed by atoms with Crippen molar-refractivity contribution in [3.05, 3.63) is 23.7 Å². The van der Waals surface area contributed by atoms with Crippen molar-refractivity contribution in [3.63, 3.8) is 0 Å². The van der Waals surface area contributed by atoms with Gasteiger partial charge in [-0.3, -0.25) is 0 Å². The van der Waals surface area contributed by atoms with E-state index in [9.17, 15) is 0 Å². The van der Waals surface area contributed by atoms with Crippen molar-refractivity contribution < 1.29 is 32.9 Å². The first-order chi connectivity index (χ1) is 5.47. The van der Waals surface area contributed by atoms with E-state index >= 15 is 0 Å². The summed E-state index contributed by atoms with van der Waals surface area (Å²) in [7, 11) is 6.57. The summed E-state index contributed by atoms with van der Waals surface area (Å²) in [6.45, 7) is 3.10. The molecule has 0 aliphatic carbocycles. The Bertz CT molecular complexity index is 250. The van der Waals surface area contributed by atoms with Crippen LogP contribution in [0.4, 0.5) is 0 Å². The number of aryl methyl sites for hydroxylation is 1. The summed E-state index contributed by atoms with van der Waals surface area (Å²) in [6, 6.07) is 4.08. The molecule has 0 N–H and O–H groups in total. The Hall–Kier alpha value is -0.0300. The number of hydrogen-bond acceptors (Lipinski definition) is 1. The molecule has 2 nitrogen and oxygen atoms in total. The van der Waals surface area contributed by atoms with Crippen molar-refractivity contribution in [3.8, 4) is 0 Å². The fourth-order valence-corrected chi connectivity index (χ4v) is 1.07. The molecule has 0 bridgehead atoms. The molecule has 1 aromatic heterocycles. The maximum Gasteiger partial charge on any atom is 0.109 e. The van der Waals surface area contributed by atoms with Crippen molar-refractivity contribution in [1.82, 2.24) is 0 Å². The number of likely N-dealkylation sites (N-methyl/N-ethyl adjacent to an activating group) is 1. The van der Waals surface area contributed by atoms with E-state index in [1.165, 1.54) is 0 Å². The Morgan fingerprint density at radius 3 is 2.23 bits per heavy atom. The van der Waals surface area contributed by atoms with Gasteiger partial charge < -0.3 is 32.9 Å². The number of nitrogens with zero attached hydrogens (tertiary/aromatic N) is 1. The van der Waals surface area contributed by atoms with Gasteiger partial charge in [0.25, 0.3) is 0 Å². The second-order valence-corrected chi connectivity index (χ2v) is 4.28. The molecule has 76 valence electrons. The standard InChI is InChI=1S/C10H18NO.HI/c1-9-5-6-10(12-9)7-8-11(2,3)4;/h5-6H,7-8H2,1-4H3;1H/q+1;/p-1. The van der Waals surface area contributed by atoms with Crippen molar-refractivity contribution in [2.45, 2.75) is 13.3 Å². The maximum absolute atomic E-state index is 5.47. The largest absolute Gasteiger partial charge is 1.00 e. The van der Waals surface area contributed by atoms with Gasteiger partial charge in [-0.25, -0.2) is 0 Å². The molecule has 1 aromatic rings. The van der Waals surface area contributed by atoms with E-state index in [0.29, 0.717) is 0 Å². The molecule has 0 aliphatic heterocycles. The topological polar surface area (TPSA) is 13.1 Å². The van der Waals surface area contributed by atoms with Crippen LogP contribution in [0.5, 0.6) is 0 Å². The summed E-state index contributed by atoms with van der Waals surface area (Å²) in [4.78, 5) is 0. The summed E-state index contributed by atoms with van der Waals surface area (Å²) in [6.07, 6.45) is 1.03. The van der Waals surface area contributed by atoms with Crippen molar-refractivity contribution in [1.29, 1.82) is 0 Å². The molecule has 0 spiro atoms. The van der Waals surface area contributed by atoms with Gasteiger partial charge >= 0.3 is 0 Å². The molecular weight excluding hydrogens is 277 g/mol. The highest BCUT2D eigenvalue weighted by atomic mass is 127. The molecule has 0 aromatic carbocycles. The van der Waals surface area contributed by atoms with Gasteiger partial charge in [-0.15, -0.1) is 0 Å². The predicted molar refractivity (Wildman–Crippen MR) is 50.0 cm³/mol. The van der Waals surface area contributed by atoms with Crippen molar-refractivity contribution >= 4 is 0 Å². The third-order valence-electron chi connectivity index (χ3n) is 1.83. The minimum absolute atomic E-state index is 0. The smallest absolute Gasteiger partial charge is 0.109 e. The second kappa shape index (κ2) is 5.00. The van der Waals surface area contributed by atoms with E-state index in [1.807, 2.05) is 13.0 Å². The Kier molecular flexibility index (Phi) is 4.99. The van der Waals surface area contributed by atoms with Crippen molar-refractivity contribution in [2.24, 2.45) is 0 Å². The van der Waals surface area contributed by atoms with Gasteiger partial charge in [0, 0.05) is 0 Å². The SMILES string of the molecule is Cc1ccc(CC[N+](C)(C)C)o1.[I-]. The van der Waals surface area contributed by atoms with Gasteiger partial charge in [0.2, 0.25) is 0 Å². The van der Waals surface area contributed by atoms with E-state index in [4.69, 9.17) is 4.42 Å². The van der Waals surface area contributed by atoms with Gasteiger partial charge in [-0.1, -0.05) is 0 Å². The molecule has 0 aliphatic rings. The first kappa shape index (κ1) is 13.0. The van der Waals surface area contributed by atoms with Crippen LogP contribution in [0.2, 0.25) is 0 Å². The van der Waals surface area contributed by atoms with Crippen LogP contribution in [-0.2, 0) is 6.42 Å². The zero-order valence-electron chi connectivity index (χ0n) is 8.80. The molecule has 0 saturated heterocycles. The lowest BCUT2D eigenvalue weighted by Gasteiger charge is -2.23. The minimum atomic E-state index is 0. The highest BCUT2D eigenvalue weighted by molar-refractivity contribution is 5.05. The Labute approximate surface area is 97.5 Å². The van der Waals surface area contributed by atoms with Crippen LogP contribution in [0.3, 0.4) is 0 Å². The summed E-state index contributed by atoms with van der Waals surface area (Å²) in [5, 5.41) is 0. The highest BCUT2D eigenvalue weighted by Gasteiger charge is 2.08. The normalized spacial score (nSPS) is 11.1. The lowest BCUT2D eigenvalue weighted by atomic mass is 10.3. The van der Waals surface area contributed by atoms with Crippen LogP contribution in [-0.4, -0.2) is 32.2 Å². The molecule has 0 unspecified atom stereocenters. The average Bonchev–Trinajstić information content (AvgIpc) is 2.30. The number of rotatable bonds is 3. The molecule has 0 atom stereocenters. The zero-order chi connectivity index (χ0) is 9.19. The number of furan rings is 1. The van der Waals surface area contributed by atoms with Crippen LogP contribution in [0.1, 0.15) is 11.5 Å². The van der Waals surface area contributed by atoms with E-state index in [-0.39, 0.29) is 24.0 Å². The second-order valence-electron chi connectivity index (χ2n) is 4.28. The van der Waals surface area contributed by atoms with Gasteiger partial charge in [0.05, 0.1) is 34.1 Å². The fraction of sp³-hybridized carbons (Fsp3) is 0.600. The van der Waals surface area contributed by atoms with Gasteiger partial charge in [-0.2, -0.15) is 0 Å². The lowest BCUT2D eigenvalue weighted by molar-refractivity contribution is -0.870. The maximum atomic E-state index is 5.47. The van der Waals surface area contributed by atoms with Gasteiger partial charge in [-0.05, 0) is 19.1 Å². The van der Waals surface area contributed by atoms with Crippen molar-refractivity contribution in [2.75, 3.05) is 27.7 Å². The zero-order valence-corrected chi connectivity index (χ0v) is 11.0. The molecule has 3 heteroatoms. The van der Waals surface area contributed by atoms with E-state index < -0.39 is 0 Å². The first-order valence-corrected chi connectivity index (χ1v) is 4.33. The van der Waals surface area contributed by atoms with Crippen LogP contribution >= 0.6 is 0 Å². The monoisotopic (exact) mass is 295 g/mol. The van der Waals surface area contributed by atoms with E-state index in [1.54, 1.807) is 0 Å². The number of quaternary nitrogens is 1. The Morgan fingerprint density at radius 1 is 1.23 bits per heavy atom. The van der Waals surface area contributed by atoms with Gasteiger partial charge in [0.1, 0.15) is 11.5 Å². The minimum Gasteiger partial charge on any atom is -1.00 e. The van der Waals surface area contributed by atoms with Crippen LogP contribution in [0, 0.1) is 6.92 Å². The Balaban J connectivity index is 0.00000144. The third-order valence-corrected chi connectivity index (χ3v) is 1.83. The Morgan fingerprint density at radius 2 is 1.85 bits per heavy atom. The fourth-order valence-electron chi connectivity index (χ4n) is 1.07. The number of halogens is 1. The molecule has 1 rings (SSSR count). The lowest BCUT2D eigenvalue weighted by Crippen LogP contribution is -3.00. The summed E-state index contributed by atoms with van der Waals surface area (Å²) >= 11 is 0. The predicted octanol–water partition coefficient (Wildman–Crippen LogP) is -1.16. The summed E-state index contributed by atoms with van der Waals surface area (Å²) in [5.41, 5.74) is 0.